The molecule has 58 heavy (non-hydrogen) atoms. The topological polar surface area (TPSA) is 204 Å². The summed E-state index contributed by atoms with van der Waals surface area (Å²) in [5, 5.41) is 25.8. The van der Waals surface area contributed by atoms with Gasteiger partial charge in [-0.2, -0.15) is 13.2 Å². The van der Waals surface area contributed by atoms with Crippen molar-refractivity contribution in [2.75, 3.05) is 34.4 Å². The third-order valence-corrected chi connectivity index (χ3v) is 11.0. The van der Waals surface area contributed by atoms with E-state index in [2.05, 4.69) is 16.0 Å². The summed E-state index contributed by atoms with van der Waals surface area (Å²) in [6.45, 7) is 10.8. The number of aliphatic carboxylic acids is 2. The van der Waals surface area contributed by atoms with Crippen LogP contribution in [0.3, 0.4) is 0 Å². The van der Waals surface area contributed by atoms with Gasteiger partial charge in [0.2, 0.25) is 23.6 Å². The van der Waals surface area contributed by atoms with Gasteiger partial charge in [0.15, 0.2) is 0 Å². The molecule has 1 aromatic rings. The average molecular weight is 830 g/mol. The molecule has 9 atom stereocenters. The highest BCUT2D eigenvalue weighted by molar-refractivity contribution is 5.90. The first-order chi connectivity index (χ1) is 27.2. The maximum absolute atomic E-state index is 14.1. The van der Waals surface area contributed by atoms with Gasteiger partial charge in [0.1, 0.15) is 12.1 Å². The number of ether oxygens (including phenoxy) is 2. The number of carbonyl (C=O) groups excluding carboxylic acids is 4. The van der Waals surface area contributed by atoms with Gasteiger partial charge in [-0.1, -0.05) is 71.4 Å². The van der Waals surface area contributed by atoms with Crippen molar-refractivity contribution in [2.24, 2.45) is 17.8 Å². The number of hydrogen-bond acceptors (Lipinski definition) is 9. The highest BCUT2D eigenvalue weighted by Crippen LogP contribution is 2.30. The number of benzene rings is 1. The zero-order valence-corrected chi connectivity index (χ0v) is 34.7. The number of likely N-dealkylation sites (tertiary alicyclic amines) is 1. The minimum absolute atomic E-state index is 0.000495. The first-order valence-corrected chi connectivity index (χ1v) is 19.7. The van der Waals surface area contributed by atoms with Crippen molar-refractivity contribution >= 4 is 35.6 Å². The van der Waals surface area contributed by atoms with E-state index in [0.717, 1.165) is 31.4 Å². The van der Waals surface area contributed by atoms with E-state index in [-0.39, 0.29) is 48.4 Å². The predicted molar refractivity (Wildman–Crippen MR) is 207 cm³/mol. The number of likely N-dealkylation sites (N-methyl/N-ethyl adjacent to an activating group) is 1. The number of hydrogen-bond donors (Lipinski definition) is 5. The van der Waals surface area contributed by atoms with Crippen LogP contribution in [-0.4, -0.2) is 139 Å². The Bertz CT molecular complexity index is 1510. The first kappa shape index (κ1) is 49.9. The molecule has 0 aromatic heterocycles. The maximum atomic E-state index is 14.1. The summed E-state index contributed by atoms with van der Waals surface area (Å²) in [6.07, 6.45) is -2.57. The van der Waals surface area contributed by atoms with Crippen LogP contribution in [0.4, 0.5) is 13.2 Å². The van der Waals surface area contributed by atoms with Crippen molar-refractivity contribution in [1.82, 2.24) is 25.8 Å². The normalized spacial score (nSPS) is 20.4. The van der Waals surface area contributed by atoms with E-state index in [1.165, 1.54) is 7.11 Å². The molecule has 0 saturated carbocycles. The molecule has 0 radical (unpaired) electrons. The molecule has 0 aliphatic carbocycles. The molecule has 2 aliphatic heterocycles. The SMILES string of the molecule is CC[C@H](C)[C@@H]([C@@H](CC(=O)N1CCC[C@H]1[C@H](OC)[C@@H](C)C(=O)N[C@@H](Cc1ccccc1)C(=O)O)OC)N(C)C(=O)[C@@H](NC(=O)[C@@H]1CCCN1)C(C)C.O=C(O)C(F)(F)F. The second-order valence-corrected chi connectivity index (χ2v) is 15.4. The molecule has 18 heteroatoms. The Balaban J connectivity index is 0.00000151. The minimum Gasteiger partial charge on any atom is -0.480 e. The van der Waals surface area contributed by atoms with Crippen molar-refractivity contribution in [3.05, 3.63) is 35.9 Å². The molecule has 4 amide bonds. The van der Waals surface area contributed by atoms with Crippen molar-refractivity contribution < 1.29 is 61.6 Å². The Morgan fingerprint density at radius 2 is 1.59 bits per heavy atom. The number of carboxylic acids is 2. The molecule has 1 aromatic carbocycles. The van der Waals surface area contributed by atoms with Gasteiger partial charge >= 0.3 is 18.1 Å². The maximum Gasteiger partial charge on any atom is 0.490 e. The lowest BCUT2D eigenvalue weighted by atomic mass is 9.89. The Labute approximate surface area is 338 Å². The fourth-order valence-electron chi connectivity index (χ4n) is 7.55. The molecule has 2 heterocycles. The van der Waals surface area contributed by atoms with Crippen LogP contribution in [-0.2, 0) is 44.7 Å². The van der Waals surface area contributed by atoms with Gasteiger partial charge in [-0.05, 0) is 49.6 Å². The third-order valence-electron chi connectivity index (χ3n) is 11.0. The van der Waals surface area contributed by atoms with Gasteiger partial charge in [0, 0.05) is 34.2 Å². The molecular weight excluding hydrogens is 767 g/mol. The molecule has 2 aliphatic rings. The summed E-state index contributed by atoms with van der Waals surface area (Å²) in [4.78, 5) is 78.9. The van der Waals surface area contributed by atoms with Crippen molar-refractivity contribution in [1.29, 1.82) is 0 Å². The smallest absolute Gasteiger partial charge is 0.480 e. The van der Waals surface area contributed by atoms with Crippen LogP contribution in [0.2, 0.25) is 0 Å². The van der Waals surface area contributed by atoms with Crippen molar-refractivity contribution in [3.8, 4) is 0 Å². The summed E-state index contributed by atoms with van der Waals surface area (Å²) in [7, 11) is 4.75. The van der Waals surface area contributed by atoms with E-state index < -0.39 is 66.3 Å². The second-order valence-electron chi connectivity index (χ2n) is 15.4. The molecule has 2 saturated heterocycles. The molecule has 0 bridgehead atoms. The average Bonchev–Trinajstić information content (AvgIpc) is 3.90. The third kappa shape index (κ3) is 14.2. The number of amides is 4. The standard InChI is InChI=1S/C38H61N5O8.C2HF3O2/c1-9-24(4)33(42(6)37(47)32(23(2)3)41-36(46)27-17-13-19-39-27)30(50-7)22-31(44)43-20-14-18-29(43)34(51-8)25(5)35(45)40-28(38(48)49)21-26-15-11-10-12-16-26;3-2(4,5)1(6)7/h10-12,15-16,23-25,27-30,32-34,39H,9,13-14,17-22H2,1-8H3,(H,40,45)(H,41,46)(H,48,49);(H,6,7)/t24-,25+,27-,28-,29-,30+,32-,33-,34+;/m0./s1. The lowest BCUT2D eigenvalue weighted by molar-refractivity contribution is -0.192. The van der Waals surface area contributed by atoms with E-state index in [4.69, 9.17) is 19.4 Å². The Kier molecular flexibility index (Phi) is 20.1. The number of halogens is 3. The number of rotatable bonds is 19. The van der Waals surface area contributed by atoms with Crippen LogP contribution in [0.15, 0.2) is 30.3 Å². The fourth-order valence-corrected chi connectivity index (χ4v) is 7.55. The number of nitrogens with one attached hydrogen (secondary N) is 3. The van der Waals surface area contributed by atoms with Gasteiger partial charge in [-0.3, -0.25) is 19.2 Å². The van der Waals surface area contributed by atoms with Crippen LogP contribution in [0.1, 0.15) is 78.7 Å². The van der Waals surface area contributed by atoms with Crippen LogP contribution < -0.4 is 16.0 Å². The van der Waals surface area contributed by atoms with Crippen LogP contribution in [0, 0.1) is 17.8 Å². The summed E-state index contributed by atoms with van der Waals surface area (Å²) in [5.74, 6) is -5.89. The molecule has 5 N–H and O–H groups in total. The van der Waals surface area contributed by atoms with Gasteiger partial charge in [0.25, 0.3) is 0 Å². The van der Waals surface area contributed by atoms with Gasteiger partial charge in [-0.25, -0.2) is 9.59 Å². The van der Waals surface area contributed by atoms with E-state index in [1.807, 2.05) is 58.0 Å². The minimum atomic E-state index is -5.08. The van der Waals surface area contributed by atoms with Gasteiger partial charge in [-0.15, -0.1) is 0 Å². The number of alkyl halides is 3. The number of methoxy groups -OCH3 is 2. The Morgan fingerprint density at radius 3 is 2.07 bits per heavy atom. The molecule has 328 valence electrons. The first-order valence-electron chi connectivity index (χ1n) is 19.7. The van der Waals surface area contributed by atoms with Crippen molar-refractivity contribution in [3.63, 3.8) is 0 Å². The number of carboxylic acid groups (broad SMARTS) is 2. The lowest BCUT2D eigenvalue weighted by Gasteiger charge is -2.41. The zero-order chi connectivity index (χ0) is 43.9. The van der Waals surface area contributed by atoms with Crippen LogP contribution >= 0.6 is 0 Å². The number of nitrogens with zero attached hydrogens (tertiary/aromatic N) is 2. The fraction of sp³-hybridized carbons (Fsp3) is 0.700. The molecule has 0 unspecified atom stereocenters. The van der Waals surface area contributed by atoms with E-state index in [9.17, 15) is 42.3 Å². The molecule has 0 spiro atoms. The summed E-state index contributed by atoms with van der Waals surface area (Å²) in [6, 6.07) is 6.06. The van der Waals surface area contributed by atoms with Gasteiger partial charge < -0.3 is 45.4 Å². The highest BCUT2D eigenvalue weighted by Gasteiger charge is 2.43. The largest absolute Gasteiger partial charge is 0.490 e. The monoisotopic (exact) mass is 829 g/mol. The zero-order valence-electron chi connectivity index (χ0n) is 34.7. The molecular formula is C40H62F3N5O10. The van der Waals surface area contributed by atoms with Crippen molar-refractivity contribution in [2.45, 2.75) is 128 Å². The van der Waals surface area contributed by atoms with Crippen LogP contribution in [0.5, 0.6) is 0 Å². The molecule has 2 fully saturated rings. The predicted octanol–water partition coefficient (Wildman–Crippen LogP) is 3.24. The van der Waals surface area contributed by atoms with Gasteiger partial charge in [0.05, 0.1) is 42.7 Å². The molecule has 15 nitrogen and oxygen atoms in total. The lowest BCUT2D eigenvalue weighted by Crippen LogP contribution is -2.59. The highest BCUT2D eigenvalue weighted by atomic mass is 19.4. The number of carbonyl (C=O) groups is 6. The van der Waals surface area contributed by atoms with E-state index in [0.29, 0.717) is 19.4 Å². The second kappa shape index (κ2) is 23.3. The quantitative estimate of drug-likeness (QED) is 0.137. The summed E-state index contributed by atoms with van der Waals surface area (Å²) < 4.78 is 43.6. The van der Waals surface area contributed by atoms with Crippen LogP contribution in [0.25, 0.3) is 0 Å². The molecule has 3 rings (SSSR count). The Hall–Kier alpha value is -4.29. The summed E-state index contributed by atoms with van der Waals surface area (Å²) >= 11 is 0. The van der Waals surface area contributed by atoms with E-state index >= 15 is 0 Å². The summed E-state index contributed by atoms with van der Waals surface area (Å²) in [5.41, 5.74) is 0.787. The van der Waals surface area contributed by atoms with E-state index in [1.54, 1.807) is 30.9 Å². The Morgan fingerprint density at radius 1 is 0.966 bits per heavy atom.